The summed E-state index contributed by atoms with van der Waals surface area (Å²) in [6.45, 7) is 5.02. The van der Waals surface area contributed by atoms with Crippen LogP contribution in [0.3, 0.4) is 0 Å². The smallest absolute Gasteiger partial charge is 0.331 e. The van der Waals surface area contributed by atoms with Crippen LogP contribution in [0.15, 0.2) is 11.6 Å². The van der Waals surface area contributed by atoms with Crippen molar-refractivity contribution in [2.24, 2.45) is 5.73 Å². The number of nitrogens with two attached hydrogens (primary N) is 1. The van der Waals surface area contributed by atoms with Gasteiger partial charge in [-0.15, -0.1) is 0 Å². The summed E-state index contributed by atoms with van der Waals surface area (Å²) in [5, 5.41) is 8.80. The third-order valence-corrected chi connectivity index (χ3v) is 2.10. The molecular formula is C10H17NO3. The minimum absolute atomic E-state index is 0.142. The van der Waals surface area contributed by atoms with Crippen LogP contribution in [-0.4, -0.2) is 22.4 Å². The largest absolute Gasteiger partial charge is 0.480 e. The third kappa shape index (κ3) is 3.30. The van der Waals surface area contributed by atoms with E-state index in [2.05, 4.69) is 0 Å². The zero-order valence-electron chi connectivity index (χ0n) is 8.83. The Morgan fingerprint density at radius 1 is 1.36 bits per heavy atom. The van der Waals surface area contributed by atoms with E-state index in [1.165, 1.54) is 6.92 Å². The molecule has 0 saturated carbocycles. The summed E-state index contributed by atoms with van der Waals surface area (Å²) >= 11 is 0. The van der Waals surface area contributed by atoms with Gasteiger partial charge in [0.2, 0.25) is 0 Å². The number of hydrogen-bond donors (Lipinski definition) is 2. The summed E-state index contributed by atoms with van der Waals surface area (Å²) < 4.78 is 0. The molecule has 80 valence electrons. The predicted molar refractivity (Wildman–Crippen MR) is 53.9 cm³/mol. The van der Waals surface area contributed by atoms with Crippen molar-refractivity contribution in [3.63, 3.8) is 0 Å². The topological polar surface area (TPSA) is 80.4 Å². The van der Waals surface area contributed by atoms with Crippen LogP contribution < -0.4 is 5.73 Å². The highest BCUT2D eigenvalue weighted by Crippen LogP contribution is 2.13. The Balaban J connectivity index is 4.48. The highest BCUT2D eigenvalue weighted by molar-refractivity contribution is 6.06. The molecule has 0 bridgehead atoms. The normalized spacial score (nSPS) is 14.3. The lowest BCUT2D eigenvalue weighted by Gasteiger charge is -2.20. The van der Waals surface area contributed by atoms with Crippen LogP contribution in [-0.2, 0) is 9.59 Å². The molecular weight excluding hydrogens is 182 g/mol. The number of carboxylic acids is 1. The maximum atomic E-state index is 11.1. The molecule has 14 heavy (non-hydrogen) atoms. The standard InChI is InChI=1S/C10H17NO3/c1-7(2)5-4-6-10(11,8(3)12)9(13)14/h5H,4,6,11H2,1-3H3,(H,13,14). The van der Waals surface area contributed by atoms with Gasteiger partial charge in [-0.1, -0.05) is 11.6 Å². The van der Waals surface area contributed by atoms with Gasteiger partial charge in [-0.25, -0.2) is 4.79 Å². The van der Waals surface area contributed by atoms with Gasteiger partial charge in [0.1, 0.15) is 0 Å². The number of carbonyl (C=O) groups is 2. The molecule has 0 amide bonds. The Morgan fingerprint density at radius 2 is 1.86 bits per heavy atom. The summed E-state index contributed by atoms with van der Waals surface area (Å²) in [6, 6.07) is 0. The quantitative estimate of drug-likeness (QED) is 0.513. The fourth-order valence-corrected chi connectivity index (χ4v) is 1.02. The maximum absolute atomic E-state index is 11.1. The van der Waals surface area contributed by atoms with E-state index in [-0.39, 0.29) is 6.42 Å². The van der Waals surface area contributed by atoms with Gasteiger partial charge in [0, 0.05) is 0 Å². The molecule has 4 nitrogen and oxygen atoms in total. The SMILES string of the molecule is CC(=O)C(N)(CCC=C(C)C)C(=O)O. The van der Waals surface area contributed by atoms with E-state index in [0.717, 1.165) is 5.57 Å². The molecule has 0 aliphatic heterocycles. The average molecular weight is 199 g/mol. The van der Waals surface area contributed by atoms with Gasteiger partial charge in [0.25, 0.3) is 0 Å². The number of rotatable bonds is 5. The number of allylic oxidation sites excluding steroid dienone is 2. The summed E-state index contributed by atoms with van der Waals surface area (Å²) in [5.74, 6) is -1.76. The van der Waals surface area contributed by atoms with Gasteiger partial charge < -0.3 is 10.8 Å². The fourth-order valence-electron chi connectivity index (χ4n) is 1.02. The Bertz CT molecular complexity index is 251. The molecule has 0 aromatic carbocycles. The van der Waals surface area contributed by atoms with Crippen LogP contribution in [0.4, 0.5) is 0 Å². The Labute approximate surface area is 83.8 Å². The van der Waals surface area contributed by atoms with Crippen LogP contribution in [0.1, 0.15) is 33.6 Å². The molecule has 0 aliphatic carbocycles. The molecule has 0 spiro atoms. The first-order valence-corrected chi connectivity index (χ1v) is 4.47. The van der Waals surface area contributed by atoms with E-state index in [0.29, 0.717) is 6.42 Å². The monoisotopic (exact) mass is 199 g/mol. The second-order valence-corrected chi connectivity index (χ2v) is 3.65. The van der Waals surface area contributed by atoms with Crippen molar-refractivity contribution >= 4 is 11.8 Å². The average Bonchev–Trinajstić information content (AvgIpc) is 2.02. The number of hydrogen-bond acceptors (Lipinski definition) is 3. The number of carboxylic acid groups (broad SMARTS) is 1. The van der Waals surface area contributed by atoms with E-state index in [4.69, 9.17) is 10.8 Å². The first-order valence-electron chi connectivity index (χ1n) is 4.47. The van der Waals surface area contributed by atoms with Crippen LogP contribution >= 0.6 is 0 Å². The highest BCUT2D eigenvalue weighted by atomic mass is 16.4. The first kappa shape index (κ1) is 12.8. The molecule has 0 radical (unpaired) electrons. The third-order valence-electron chi connectivity index (χ3n) is 2.10. The van der Waals surface area contributed by atoms with Gasteiger partial charge in [0.15, 0.2) is 11.3 Å². The summed E-state index contributed by atoms with van der Waals surface area (Å²) in [5.41, 5.74) is 4.85. The Morgan fingerprint density at radius 3 is 2.14 bits per heavy atom. The van der Waals surface area contributed by atoms with E-state index in [1.54, 1.807) is 0 Å². The van der Waals surface area contributed by atoms with Crippen molar-refractivity contribution in [1.29, 1.82) is 0 Å². The van der Waals surface area contributed by atoms with Gasteiger partial charge >= 0.3 is 5.97 Å². The number of Topliss-reactive ketones (excluding diaryl/α,β-unsaturated/α-hetero) is 1. The zero-order valence-corrected chi connectivity index (χ0v) is 8.83. The predicted octanol–water partition coefficient (Wildman–Crippen LogP) is 1.10. The summed E-state index contributed by atoms with van der Waals surface area (Å²) in [7, 11) is 0. The molecule has 0 rings (SSSR count). The van der Waals surface area contributed by atoms with Crippen molar-refractivity contribution in [3.05, 3.63) is 11.6 Å². The minimum Gasteiger partial charge on any atom is -0.480 e. The number of ketones is 1. The van der Waals surface area contributed by atoms with E-state index in [1.807, 2.05) is 19.9 Å². The van der Waals surface area contributed by atoms with Crippen LogP contribution in [0.2, 0.25) is 0 Å². The molecule has 0 saturated heterocycles. The Hall–Kier alpha value is -1.16. The molecule has 4 heteroatoms. The number of carbonyl (C=O) groups excluding carboxylic acids is 1. The molecule has 0 aliphatic rings. The molecule has 0 aromatic rings. The van der Waals surface area contributed by atoms with Crippen molar-refractivity contribution in [2.75, 3.05) is 0 Å². The zero-order chi connectivity index (χ0) is 11.4. The lowest BCUT2D eigenvalue weighted by Crippen LogP contribution is -2.53. The lowest BCUT2D eigenvalue weighted by molar-refractivity contribution is -0.147. The Kier molecular flexibility index (Phi) is 4.50. The summed E-state index contributed by atoms with van der Waals surface area (Å²) in [4.78, 5) is 21.8. The van der Waals surface area contributed by atoms with Gasteiger partial charge in [-0.3, -0.25) is 4.79 Å². The van der Waals surface area contributed by atoms with Crippen molar-refractivity contribution in [3.8, 4) is 0 Å². The maximum Gasteiger partial charge on any atom is 0.331 e. The molecule has 1 unspecified atom stereocenters. The van der Waals surface area contributed by atoms with Crippen molar-refractivity contribution in [1.82, 2.24) is 0 Å². The van der Waals surface area contributed by atoms with Crippen molar-refractivity contribution < 1.29 is 14.7 Å². The minimum atomic E-state index is -1.73. The molecule has 1 atom stereocenters. The second kappa shape index (κ2) is 4.91. The molecule has 0 fully saturated rings. The second-order valence-electron chi connectivity index (χ2n) is 3.65. The molecule has 0 aromatic heterocycles. The van der Waals surface area contributed by atoms with Gasteiger partial charge in [-0.2, -0.15) is 0 Å². The molecule has 0 heterocycles. The van der Waals surface area contributed by atoms with E-state index >= 15 is 0 Å². The van der Waals surface area contributed by atoms with Crippen LogP contribution in [0, 0.1) is 0 Å². The lowest BCUT2D eigenvalue weighted by atomic mass is 9.90. The van der Waals surface area contributed by atoms with Crippen LogP contribution in [0.25, 0.3) is 0 Å². The fraction of sp³-hybridized carbons (Fsp3) is 0.600. The highest BCUT2D eigenvalue weighted by Gasteiger charge is 2.38. The van der Waals surface area contributed by atoms with Gasteiger partial charge in [-0.05, 0) is 33.6 Å². The van der Waals surface area contributed by atoms with Crippen LogP contribution in [0.5, 0.6) is 0 Å². The number of aliphatic carboxylic acids is 1. The van der Waals surface area contributed by atoms with E-state index in [9.17, 15) is 9.59 Å². The molecule has 3 N–H and O–H groups in total. The summed E-state index contributed by atoms with van der Waals surface area (Å²) in [6.07, 6.45) is 2.51. The first-order chi connectivity index (χ1) is 6.30. The van der Waals surface area contributed by atoms with Crippen molar-refractivity contribution in [2.45, 2.75) is 39.2 Å². The van der Waals surface area contributed by atoms with Gasteiger partial charge in [0.05, 0.1) is 0 Å². The van der Waals surface area contributed by atoms with E-state index < -0.39 is 17.3 Å².